The van der Waals surface area contributed by atoms with Gasteiger partial charge in [0.2, 0.25) is 5.91 Å². The number of hydrogen-bond acceptors (Lipinski definition) is 3. The molecule has 0 aliphatic carbocycles. The van der Waals surface area contributed by atoms with Gasteiger partial charge in [-0.15, -0.1) is 0 Å². The van der Waals surface area contributed by atoms with Gasteiger partial charge in [-0.3, -0.25) is 9.00 Å². The quantitative estimate of drug-likeness (QED) is 0.923. The van der Waals surface area contributed by atoms with Crippen molar-refractivity contribution < 1.29 is 9.00 Å². The molecule has 0 fully saturated rings. The molecule has 0 saturated carbocycles. The highest BCUT2D eigenvalue weighted by atomic mass is 32.2. The van der Waals surface area contributed by atoms with Crippen LogP contribution < -0.4 is 5.32 Å². The summed E-state index contributed by atoms with van der Waals surface area (Å²) in [6, 6.07) is 8.65. The van der Waals surface area contributed by atoms with Crippen molar-refractivity contribution in [3.63, 3.8) is 0 Å². The Balaban J connectivity index is 2.80. The molecule has 1 rings (SSSR count). The van der Waals surface area contributed by atoms with Gasteiger partial charge >= 0.3 is 0 Å². The Hall–Kier alpha value is -1.67. The summed E-state index contributed by atoms with van der Waals surface area (Å²) < 4.78 is 11.7. The van der Waals surface area contributed by atoms with Crippen molar-refractivity contribution in [3.05, 3.63) is 29.8 Å². The zero-order valence-electron chi connectivity index (χ0n) is 11.6. The van der Waals surface area contributed by atoms with Crippen LogP contribution in [-0.4, -0.2) is 20.1 Å². The maximum absolute atomic E-state index is 12.1. The number of amides is 1. The van der Waals surface area contributed by atoms with Crippen LogP contribution in [0.1, 0.15) is 33.3 Å². The Morgan fingerprint density at radius 3 is 2.58 bits per heavy atom. The summed E-state index contributed by atoms with van der Waals surface area (Å²) in [7, 11) is -1.27. The van der Waals surface area contributed by atoms with Crippen LogP contribution in [0.5, 0.6) is 0 Å². The zero-order valence-corrected chi connectivity index (χ0v) is 12.4. The molecule has 0 spiro atoms. The second-order valence-electron chi connectivity index (χ2n) is 5.23. The lowest BCUT2D eigenvalue weighted by molar-refractivity contribution is -0.115. The van der Waals surface area contributed by atoms with Gasteiger partial charge in [0.05, 0.1) is 11.6 Å². The number of carbonyl (C=O) groups excluding carboxylic acids is 1. The normalized spacial score (nSPS) is 14.3. The first-order chi connectivity index (χ1) is 8.75. The maximum Gasteiger partial charge on any atom is 0.239 e. The van der Waals surface area contributed by atoms with E-state index in [2.05, 4.69) is 5.32 Å². The highest BCUT2D eigenvalue weighted by molar-refractivity contribution is 7.87. The minimum absolute atomic E-state index is 0.302. The van der Waals surface area contributed by atoms with Crippen LogP contribution in [0, 0.1) is 11.3 Å². The van der Waals surface area contributed by atoms with Gasteiger partial charge in [-0.05, 0) is 45.9 Å². The van der Waals surface area contributed by atoms with Crippen LogP contribution in [0.25, 0.3) is 0 Å². The molecule has 0 bridgehead atoms. The summed E-state index contributed by atoms with van der Waals surface area (Å²) in [5.74, 6) is -0.302. The average molecular weight is 278 g/mol. The van der Waals surface area contributed by atoms with E-state index in [1.807, 2.05) is 26.8 Å². The van der Waals surface area contributed by atoms with E-state index in [0.717, 1.165) is 0 Å². The molecule has 1 amide bonds. The molecule has 1 aromatic rings. The fourth-order valence-corrected chi connectivity index (χ4v) is 2.85. The van der Waals surface area contributed by atoms with E-state index in [9.17, 15) is 9.00 Å². The molecule has 2 atom stereocenters. The van der Waals surface area contributed by atoms with Crippen molar-refractivity contribution in [2.45, 2.75) is 37.7 Å². The van der Waals surface area contributed by atoms with E-state index in [0.29, 0.717) is 11.3 Å². The third kappa shape index (κ3) is 4.18. The molecule has 0 saturated heterocycles. The van der Waals surface area contributed by atoms with Crippen LogP contribution in [0.3, 0.4) is 0 Å². The van der Waals surface area contributed by atoms with Gasteiger partial charge in [0.1, 0.15) is 5.25 Å². The molecule has 19 heavy (non-hydrogen) atoms. The third-order valence-electron chi connectivity index (χ3n) is 2.55. The summed E-state index contributed by atoms with van der Waals surface area (Å²) in [6.45, 7) is 7.15. The van der Waals surface area contributed by atoms with Gasteiger partial charge in [0.25, 0.3) is 0 Å². The number of benzene rings is 1. The van der Waals surface area contributed by atoms with E-state index in [-0.39, 0.29) is 5.91 Å². The van der Waals surface area contributed by atoms with Gasteiger partial charge in [0.15, 0.2) is 0 Å². The molecule has 0 radical (unpaired) electrons. The summed E-state index contributed by atoms with van der Waals surface area (Å²) in [5.41, 5.74) is 1.02. The first kappa shape index (κ1) is 15.4. The van der Waals surface area contributed by atoms with Crippen molar-refractivity contribution in [2.75, 3.05) is 5.32 Å². The van der Waals surface area contributed by atoms with Crippen molar-refractivity contribution in [3.8, 4) is 6.07 Å². The number of anilines is 1. The topological polar surface area (TPSA) is 70.0 Å². The average Bonchev–Trinajstić information content (AvgIpc) is 2.36. The van der Waals surface area contributed by atoms with E-state index >= 15 is 0 Å². The predicted octanol–water partition coefficient (Wildman–Crippen LogP) is 2.43. The first-order valence-electron chi connectivity index (χ1n) is 5.97. The largest absolute Gasteiger partial charge is 0.325 e. The molecular formula is C14H18N2O2S. The van der Waals surface area contributed by atoms with E-state index in [4.69, 9.17) is 5.26 Å². The smallest absolute Gasteiger partial charge is 0.239 e. The summed E-state index contributed by atoms with van der Waals surface area (Å²) in [6.07, 6.45) is 0. The van der Waals surface area contributed by atoms with Crippen molar-refractivity contribution >= 4 is 22.4 Å². The second kappa shape index (κ2) is 5.98. The highest BCUT2D eigenvalue weighted by Gasteiger charge is 2.29. The fourth-order valence-electron chi connectivity index (χ4n) is 1.54. The van der Waals surface area contributed by atoms with Gasteiger partial charge in [-0.25, -0.2) is 0 Å². The number of nitriles is 1. The molecule has 1 N–H and O–H groups in total. The predicted molar refractivity (Wildman–Crippen MR) is 77.1 cm³/mol. The second-order valence-corrected chi connectivity index (χ2v) is 7.76. The molecule has 5 heteroatoms. The molecule has 1 aromatic carbocycles. The van der Waals surface area contributed by atoms with Crippen LogP contribution in [0.4, 0.5) is 5.69 Å². The SMILES string of the molecule is CC(C(=O)Nc1cccc(C#N)c1)S(=O)C(C)(C)C. The molecule has 4 nitrogen and oxygen atoms in total. The van der Waals surface area contributed by atoms with E-state index < -0.39 is 20.8 Å². The molecule has 102 valence electrons. The number of nitrogens with one attached hydrogen (secondary N) is 1. The lowest BCUT2D eigenvalue weighted by Crippen LogP contribution is -2.37. The van der Waals surface area contributed by atoms with Gasteiger partial charge in [0, 0.05) is 21.2 Å². The van der Waals surface area contributed by atoms with Crippen LogP contribution in [0.2, 0.25) is 0 Å². The summed E-state index contributed by atoms with van der Waals surface area (Å²) in [5, 5.41) is 10.9. The fraction of sp³-hybridized carbons (Fsp3) is 0.429. The molecule has 0 heterocycles. The number of hydrogen-bond donors (Lipinski definition) is 1. The lowest BCUT2D eigenvalue weighted by Gasteiger charge is -2.22. The Morgan fingerprint density at radius 1 is 1.42 bits per heavy atom. The number of carbonyl (C=O) groups is 1. The standard InChI is InChI=1S/C14H18N2O2S/c1-10(19(18)14(2,3)4)13(17)16-12-7-5-6-11(8-12)9-15/h5-8,10H,1-4H3,(H,16,17). The Labute approximate surface area is 116 Å². The van der Waals surface area contributed by atoms with Crippen molar-refractivity contribution in [1.29, 1.82) is 5.26 Å². The Morgan fingerprint density at radius 2 is 2.05 bits per heavy atom. The molecule has 0 aromatic heterocycles. The van der Waals surface area contributed by atoms with Gasteiger partial charge in [-0.1, -0.05) is 6.07 Å². The number of nitrogens with zero attached hydrogens (tertiary/aromatic N) is 1. The monoisotopic (exact) mass is 278 g/mol. The minimum atomic E-state index is -1.27. The lowest BCUT2D eigenvalue weighted by atomic mass is 10.2. The Bertz CT molecular complexity index is 541. The Kier molecular flexibility index (Phi) is 4.84. The van der Waals surface area contributed by atoms with Gasteiger partial charge in [-0.2, -0.15) is 5.26 Å². The van der Waals surface area contributed by atoms with Crippen molar-refractivity contribution in [1.82, 2.24) is 0 Å². The molecule has 0 aliphatic rings. The zero-order chi connectivity index (χ0) is 14.6. The summed E-state index contributed by atoms with van der Waals surface area (Å²) in [4.78, 5) is 12.0. The van der Waals surface area contributed by atoms with Crippen LogP contribution >= 0.6 is 0 Å². The molecular weight excluding hydrogens is 260 g/mol. The van der Waals surface area contributed by atoms with E-state index in [1.54, 1.807) is 31.2 Å². The van der Waals surface area contributed by atoms with E-state index in [1.165, 1.54) is 0 Å². The maximum atomic E-state index is 12.1. The minimum Gasteiger partial charge on any atom is -0.325 e. The third-order valence-corrected chi connectivity index (χ3v) is 4.62. The van der Waals surface area contributed by atoms with Gasteiger partial charge < -0.3 is 5.32 Å². The van der Waals surface area contributed by atoms with Crippen LogP contribution in [0.15, 0.2) is 24.3 Å². The highest BCUT2D eigenvalue weighted by Crippen LogP contribution is 2.18. The number of rotatable bonds is 3. The summed E-state index contributed by atoms with van der Waals surface area (Å²) >= 11 is 0. The first-order valence-corrected chi connectivity index (χ1v) is 7.18. The molecule has 0 aliphatic heterocycles. The molecule has 2 unspecified atom stereocenters. The van der Waals surface area contributed by atoms with Crippen molar-refractivity contribution in [2.24, 2.45) is 0 Å². The van der Waals surface area contributed by atoms with Crippen LogP contribution in [-0.2, 0) is 15.6 Å².